The second-order valence-corrected chi connectivity index (χ2v) is 4.60. The van der Waals surface area contributed by atoms with Gasteiger partial charge in [0.1, 0.15) is 0 Å². The molecule has 14 heavy (non-hydrogen) atoms. The predicted molar refractivity (Wildman–Crippen MR) is 55.1 cm³/mol. The van der Waals surface area contributed by atoms with Crippen molar-refractivity contribution in [1.29, 1.82) is 0 Å². The fourth-order valence-electron chi connectivity index (χ4n) is 2.64. The predicted octanol–water partition coefficient (Wildman–Crippen LogP) is 0.398. The van der Waals surface area contributed by atoms with E-state index >= 15 is 0 Å². The minimum absolute atomic E-state index is 0.00396. The maximum Gasteiger partial charge on any atom is 0.315 e. The summed E-state index contributed by atoms with van der Waals surface area (Å²) in [7, 11) is 2.15. The molecule has 0 aromatic rings. The molecule has 2 fully saturated rings. The van der Waals surface area contributed by atoms with E-state index in [4.69, 9.17) is 0 Å². The Hall–Kier alpha value is -0.770. The van der Waals surface area contributed by atoms with Crippen LogP contribution in [0.25, 0.3) is 0 Å². The lowest BCUT2D eigenvalue weighted by Crippen LogP contribution is -2.46. The van der Waals surface area contributed by atoms with Gasteiger partial charge in [0, 0.05) is 12.6 Å². The minimum atomic E-state index is -0.00396. The molecule has 2 aliphatic rings. The van der Waals surface area contributed by atoms with Gasteiger partial charge < -0.3 is 15.5 Å². The molecule has 2 saturated heterocycles. The second kappa shape index (κ2) is 3.77. The van der Waals surface area contributed by atoms with Gasteiger partial charge >= 0.3 is 6.03 Å². The third kappa shape index (κ3) is 1.85. The minimum Gasteiger partial charge on any atom is -0.334 e. The molecule has 4 nitrogen and oxygen atoms in total. The largest absolute Gasteiger partial charge is 0.334 e. The first-order chi connectivity index (χ1) is 6.66. The van der Waals surface area contributed by atoms with E-state index < -0.39 is 0 Å². The molecule has 0 aromatic heterocycles. The van der Waals surface area contributed by atoms with Crippen molar-refractivity contribution >= 4 is 6.03 Å². The smallest absolute Gasteiger partial charge is 0.315 e. The number of likely N-dealkylation sites (tertiary alicyclic amines) is 1. The van der Waals surface area contributed by atoms with Gasteiger partial charge in [0.2, 0.25) is 0 Å². The lowest BCUT2D eigenvalue weighted by Gasteiger charge is -2.34. The van der Waals surface area contributed by atoms with Crippen molar-refractivity contribution in [2.45, 2.75) is 31.8 Å². The van der Waals surface area contributed by atoms with Gasteiger partial charge in [-0.05, 0) is 39.3 Å². The fourth-order valence-corrected chi connectivity index (χ4v) is 2.64. The molecular formula is C10H19N3O. The molecule has 3 unspecified atom stereocenters. The molecule has 80 valence electrons. The highest BCUT2D eigenvalue weighted by Crippen LogP contribution is 2.22. The molecule has 2 amide bonds. The molecule has 0 aromatic carbocycles. The molecule has 0 aliphatic carbocycles. The Balaban J connectivity index is 1.96. The third-order valence-electron chi connectivity index (χ3n) is 3.36. The number of nitrogens with zero attached hydrogens (tertiary/aromatic N) is 1. The van der Waals surface area contributed by atoms with Crippen LogP contribution in [0.15, 0.2) is 0 Å². The highest BCUT2D eigenvalue weighted by atomic mass is 16.2. The van der Waals surface area contributed by atoms with Crippen LogP contribution in [0.1, 0.15) is 19.8 Å². The van der Waals surface area contributed by atoms with Crippen LogP contribution < -0.4 is 10.6 Å². The Labute approximate surface area is 85.0 Å². The van der Waals surface area contributed by atoms with Crippen LogP contribution in [0.2, 0.25) is 0 Å². The molecular weight excluding hydrogens is 178 g/mol. The van der Waals surface area contributed by atoms with E-state index in [0.29, 0.717) is 12.0 Å². The third-order valence-corrected chi connectivity index (χ3v) is 3.36. The van der Waals surface area contributed by atoms with E-state index in [1.54, 1.807) is 0 Å². The molecule has 2 rings (SSSR count). The van der Waals surface area contributed by atoms with Gasteiger partial charge in [0.15, 0.2) is 0 Å². The van der Waals surface area contributed by atoms with Crippen LogP contribution in [0.5, 0.6) is 0 Å². The maximum atomic E-state index is 11.2. The summed E-state index contributed by atoms with van der Waals surface area (Å²) < 4.78 is 0. The first-order valence-electron chi connectivity index (χ1n) is 5.42. The number of hydrogen-bond acceptors (Lipinski definition) is 2. The van der Waals surface area contributed by atoms with Crippen molar-refractivity contribution in [1.82, 2.24) is 15.5 Å². The Morgan fingerprint density at radius 2 is 2.21 bits per heavy atom. The molecule has 0 saturated carbocycles. The molecule has 2 heterocycles. The normalized spacial score (nSPS) is 39.3. The number of amides is 2. The van der Waals surface area contributed by atoms with E-state index in [1.807, 2.05) is 0 Å². The highest BCUT2D eigenvalue weighted by Gasteiger charge is 2.35. The average molecular weight is 197 g/mol. The SMILES string of the molecule is CC1NC(=O)NC1C1CCCN(C)C1. The number of rotatable bonds is 1. The van der Waals surface area contributed by atoms with Crippen LogP contribution in [0.3, 0.4) is 0 Å². The van der Waals surface area contributed by atoms with Crippen molar-refractivity contribution in [3.8, 4) is 0 Å². The van der Waals surface area contributed by atoms with Gasteiger partial charge in [-0.3, -0.25) is 0 Å². The van der Waals surface area contributed by atoms with E-state index in [2.05, 4.69) is 29.5 Å². The topological polar surface area (TPSA) is 44.4 Å². The van der Waals surface area contributed by atoms with Gasteiger partial charge in [-0.15, -0.1) is 0 Å². The fraction of sp³-hybridized carbons (Fsp3) is 0.900. The molecule has 2 aliphatic heterocycles. The first-order valence-corrected chi connectivity index (χ1v) is 5.42. The first kappa shape index (κ1) is 9.77. The summed E-state index contributed by atoms with van der Waals surface area (Å²) in [4.78, 5) is 13.5. The van der Waals surface area contributed by atoms with Crippen molar-refractivity contribution in [2.75, 3.05) is 20.1 Å². The zero-order chi connectivity index (χ0) is 10.1. The second-order valence-electron chi connectivity index (χ2n) is 4.60. The lowest BCUT2D eigenvalue weighted by molar-refractivity contribution is 0.175. The van der Waals surface area contributed by atoms with Crippen molar-refractivity contribution in [3.63, 3.8) is 0 Å². The van der Waals surface area contributed by atoms with Crippen molar-refractivity contribution < 1.29 is 4.79 Å². The summed E-state index contributed by atoms with van der Waals surface area (Å²) in [5.41, 5.74) is 0. The van der Waals surface area contributed by atoms with E-state index in [0.717, 1.165) is 6.54 Å². The molecule has 0 bridgehead atoms. The number of carbonyl (C=O) groups is 1. The molecule has 4 heteroatoms. The quantitative estimate of drug-likeness (QED) is 0.639. The summed E-state index contributed by atoms with van der Waals surface area (Å²) in [5, 5.41) is 5.93. The van der Waals surface area contributed by atoms with Crippen LogP contribution in [-0.2, 0) is 0 Å². The Morgan fingerprint density at radius 1 is 1.43 bits per heavy atom. The zero-order valence-corrected chi connectivity index (χ0v) is 8.92. The number of piperidine rings is 1. The van der Waals surface area contributed by atoms with Crippen molar-refractivity contribution in [3.05, 3.63) is 0 Å². The summed E-state index contributed by atoms with van der Waals surface area (Å²) in [5.74, 6) is 0.614. The lowest BCUT2D eigenvalue weighted by atomic mass is 9.88. The van der Waals surface area contributed by atoms with Gasteiger partial charge in [-0.2, -0.15) is 0 Å². The highest BCUT2D eigenvalue weighted by molar-refractivity contribution is 5.77. The Morgan fingerprint density at radius 3 is 2.79 bits per heavy atom. The number of carbonyl (C=O) groups excluding carboxylic acids is 1. The van der Waals surface area contributed by atoms with Crippen LogP contribution >= 0.6 is 0 Å². The number of urea groups is 1. The van der Waals surface area contributed by atoms with E-state index in [-0.39, 0.29) is 12.1 Å². The Bertz CT molecular complexity index is 231. The number of nitrogens with one attached hydrogen (secondary N) is 2. The summed E-state index contributed by atoms with van der Waals surface area (Å²) in [6, 6.07) is 0.597. The van der Waals surface area contributed by atoms with Gasteiger partial charge in [-0.25, -0.2) is 4.79 Å². The molecule has 2 N–H and O–H groups in total. The van der Waals surface area contributed by atoms with E-state index in [9.17, 15) is 4.79 Å². The monoisotopic (exact) mass is 197 g/mol. The van der Waals surface area contributed by atoms with Crippen molar-refractivity contribution in [2.24, 2.45) is 5.92 Å². The number of hydrogen-bond donors (Lipinski definition) is 2. The van der Waals surface area contributed by atoms with E-state index in [1.165, 1.54) is 19.4 Å². The zero-order valence-electron chi connectivity index (χ0n) is 8.92. The van der Waals surface area contributed by atoms with Crippen LogP contribution in [0.4, 0.5) is 4.79 Å². The molecule has 0 radical (unpaired) electrons. The summed E-state index contributed by atoms with van der Waals surface area (Å²) >= 11 is 0. The van der Waals surface area contributed by atoms with Crippen LogP contribution in [-0.4, -0.2) is 43.2 Å². The Kier molecular flexibility index (Phi) is 2.63. The molecule has 3 atom stereocenters. The van der Waals surface area contributed by atoms with Gasteiger partial charge in [0.25, 0.3) is 0 Å². The summed E-state index contributed by atoms with van der Waals surface area (Å²) in [6.07, 6.45) is 2.49. The summed E-state index contributed by atoms with van der Waals surface area (Å²) in [6.45, 7) is 4.38. The van der Waals surface area contributed by atoms with Gasteiger partial charge in [-0.1, -0.05) is 0 Å². The standard InChI is InChI=1S/C10H19N3O/c1-7-9(12-10(14)11-7)8-4-3-5-13(2)6-8/h7-9H,3-6H2,1-2H3,(H2,11,12,14). The van der Waals surface area contributed by atoms with Crippen LogP contribution in [0, 0.1) is 5.92 Å². The molecule has 0 spiro atoms. The average Bonchev–Trinajstić information content (AvgIpc) is 2.45. The van der Waals surface area contributed by atoms with Gasteiger partial charge in [0.05, 0.1) is 6.04 Å². The maximum absolute atomic E-state index is 11.2.